The van der Waals surface area contributed by atoms with Crippen molar-refractivity contribution >= 4 is 16.6 Å². The third-order valence-electron chi connectivity index (χ3n) is 3.33. The van der Waals surface area contributed by atoms with Crippen LogP contribution in [0.25, 0.3) is 22.2 Å². The van der Waals surface area contributed by atoms with Gasteiger partial charge in [0.1, 0.15) is 5.82 Å². The van der Waals surface area contributed by atoms with Gasteiger partial charge >= 0.3 is 0 Å². The molecule has 0 radical (unpaired) electrons. The predicted octanol–water partition coefficient (Wildman–Crippen LogP) is 4.11. The zero-order valence-corrected chi connectivity index (χ0v) is 11.5. The number of anilines is 1. The van der Waals surface area contributed by atoms with Crippen LogP contribution in [0.15, 0.2) is 54.6 Å². The zero-order chi connectivity index (χ0) is 14.1. The molecule has 0 aliphatic carbocycles. The molecule has 0 fully saturated rings. The van der Waals surface area contributed by atoms with Crippen LogP contribution in [0.2, 0.25) is 0 Å². The lowest BCUT2D eigenvalue weighted by atomic mass is 10.1. The molecule has 0 saturated heterocycles. The van der Waals surface area contributed by atoms with Gasteiger partial charge in [0.25, 0.3) is 0 Å². The van der Waals surface area contributed by atoms with Gasteiger partial charge < -0.3 is 4.90 Å². The van der Waals surface area contributed by atoms with E-state index in [1.165, 1.54) is 6.07 Å². The first-order valence-electron chi connectivity index (χ1n) is 6.49. The first-order chi connectivity index (χ1) is 9.66. The molecule has 2 nitrogen and oxygen atoms in total. The van der Waals surface area contributed by atoms with Crippen molar-refractivity contribution in [2.45, 2.75) is 0 Å². The Hall–Kier alpha value is -2.42. The van der Waals surface area contributed by atoms with Gasteiger partial charge in [-0.3, -0.25) is 0 Å². The lowest BCUT2D eigenvalue weighted by Crippen LogP contribution is -2.10. The Morgan fingerprint density at radius 1 is 0.950 bits per heavy atom. The van der Waals surface area contributed by atoms with Gasteiger partial charge in [-0.05, 0) is 24.3 Å². The molecular weight excluding hydrogens is 251 g/mol. The monoisotopic (exact) mass is 266 g/mol. The SMILES string of the molecule is CN(C)c1cc(-c2ccccc2F)nc2ccccc12. The highest BCUT2D eigenvalue weighted by molar-refractivity contribution is 5.94. The molecule has 0 spiro atoms. The molecule has 0 amide bonds. The second-order valence-electron chi connectivity index (χ2n) is 4.92. The van der Waals surface area contributed by atoms with E-state index in [0.29, 0.717) is 11.3 Å². The lowest BCUT2D eigenvalue weighted by Gasteiger charge is -2.17. The molecular formula is C17H15FN2. The zero-order valence-electron chi connectivity index (χ0n) is 11.5. The minimum atomic E-state index is -0.250. The van der Waals surface area contributed by atoms with E-state index in [9.17, 15) is 4.39 Å². The van der Waals surface area contributed by atoms with Crippen molar-refractivity contribution in [3.8, 4) is 11.3 Å². The first kappa shape index (κ1) is 12.6. The maximum absolute atomic E-state index is 14.0. The lowest BCUT2D eigenvalue weighted by molar-refractivity contribution is 0.631. The summed E-state index contributed by atoms with van der Waals surface area (Å²) in [5.74, 6) is -0.250. The normalized spacial score (nSPS) is 10.8. The topological polar surface area (TPSA) is 16.1 Å². The maximum atomic E-state index is 14.0. The van der Waals surface area contributed by atoms with Gasteiger partial charge in [-0.1, -0.05) is 30.3 Å². The fraction of sp³-hybridized carbons (Fsp3) is 0.118. The Balaban J connectivity index is 2.30. The average Bonchev–Trinajstić information content (AvgIpc) is 2.46. The van der Waals surface area contributed by atoms with Crippen molar-refractivity contribution in [3.63, 3.8) is 0 Å². The molecule has 100 valence electrons. The number of nitrogens with zero attached hydrogens (tertiary/aromatic N) is 2. The van der Waals surface area contributed by atoms with Crippen LogP contribution in [-0.2, 0) is 0 Å². The van der Waals surface area contributed by atoms with E-state index in [1.807, 2.05) is 55.4 Å². The Morgan fingerprint density at radius 3 is 2.40 bits per heavy atom. The summed E-state index contributed by atoms with van der Waals surface area (Å²) < 4.78 is 14.0. The largest absolute Gasteiger partial charge is 0.377 e. The molecule has 2 aromatic carbocycles. The Kier molecular flexibility index (Phi) is 3.11. The summed E-state index contributed by atoms with van der Waals surface area (Å²) in [4.78, 5) is 6.60. The summed E-state index contributed by atoms with van der Waals surface area (Å²) in [7, 11) is 3.96. The van der Waals surface area contributed by atoms with Crippen LogP contribution in [0.3, 0.4) is 0 Å². The van der Waals surface area contributed by atoms with E-state index >= 15 is 0 Å². The highest BCUT2D eigenvalue weighted by Crippen LogP contribution is 2.30. The number of pyridine rings is 1. The van der Waals surface area contributed by atoms with Crippen LogP contribution < -0.4 is 4.90 Å². The van der Waals surface area contributed by atoms with E-state index in [2.05, 4.69) is 4.98 Å². The van der Waals surface area contributed by atoms with Gasteiger partial charge in [-0.2, -0.15) is 0 Å². The molecule has 0 bridgehead atoms. The molecule has 3 rings (SSSR count). The van der Waals surface area contributed by atoms with E-state index in [1.54, 1.807) is 12.1 Å². The molecule has 1 aromatic heterocycles. The fourth-order valence-electron chi connectivity index (χ4n) is 2.33. The van der Waals surface area contributed by atoms with E-state index in [4.69, 9.17) is 0 Å². The number of halogens is 1. The number of fused-ring (bicyclic) bond motifs is 1. The van der Waals surface area contributed by atoms with Crippen molar-refractivity contribution < 1.29 is 4.39 Å². The Bertz CT molecular complexity index is 766. The molecule has 3 aromatic rings. The molecule has 0 saturated carbocycles. The quantitative estimate of drug-likeness (QED) is 0.694. The highest BCUT2D eigenvalue weighted by atomic mass is 19.1. The van der Waals surface area contributed by atoms with Crippen LogP contribution in [0, 0.1) is 5.82 Å². The Morgan fingerprint density at radius 2 is 1.65 bits per heavy atom. The van der Waals surface area contributed by atoms with Gasteiger partial charge in [-0.25, -0.2) is 9.37 Å². The third-order valence-corrected chi connectivity index (χ3v) is 3.33. The summed E-state index contributed by atoms with van der Waals surface area (Å²) in [5, 5.41) is 1.07. The van der Waals surface area contributed by atoms with Crippen LogP contribution in [0.4, 0.5) is 10.1 Å². The van der Waals surface area contributed by atoms with E-state index in [0.717, 1.165) is 16.6 Å². The summed E-state index contributed by atoms with van der Waals surface area (Å²) in [6.45, 7) is 0. The predicted molar refractivity (Wildman–Crippen MR) is 81.5 cm³/mol. The average molecular weight is 266 g/mol. The number of hydrogen-bond donors (Lipinski definition) is 0. The van der Waals surface area contributed by atoms with Gasteiger partial charge in [0.05, 0.1) is 11.2 Å². The summed E-state index contributed by atoms with van der Waals surface area (Å²) in [5.41, 5.74) is 3.10. The smallest absolute Gasteiger partial charge is 0.132 e. The van der Waals surface area contributed by atoms with Crippen molar-refractivity contribution in [2.75, 3.05) is 19.0 Å². The van der Waals surface area contributed by atoms with Crippen LogP contribution >= 0.6 is 0 Å². The second-order valence-corrected chi connectivity index (χ2v) is 4.92. The number of aromatic nitrogens is 1. The summed E-state index contributed by atoms with van der Waals surface area (Å²) >= 11 is 0. The minimum Gasteiger partial charge on any atom is -0.377 e. The number of rotatable bonds is 2. The molecule has 1 heterocycles. The molecule has 0 aliphatic rings. The molecule has 20 heavy (non-hydrogen) atoms. The molecule has 0 N–H and O–H groups in total. The van der Waals surface area contributed by atoms with E-state index < -0.39 is 0 Å². The van der Waals surface area contributed by atoms with Crippen LogP contribution in [-0.4, -0.2) is 19.1 Å². The van der Waals surface area contributed by atoms with Gasteiger partial charge in [0.15, 0.2) is 0 Å². The van der Waals surface area contributed by atoms with Crippen LogP contribution in [0.1, 0.15) is 0 Å². The standard InChI is InChI=1S/C17H15FN2/c1-20(2)17-11-16(12-7-3-5-9-14(12)18)19-15-10-6-4-8-13(15)17/h3-11H,1-2H3. The number of benzene rings is 2. The molecule has 0 unspecified atom stereocenters. The van der Waals surface area contributed by atoms with Crippen molar-refractivity contribution in [3.05, 3.63) is 60.4 Å². The second kappa shape index (κ2) is 4.93. The van der Waals surface area contributed by atoms with Gasteiger partial charge in [0, 0.05) is 30.7 Å². The third kappa shape index (κ3) is 2.11. The Labute approximate surface area is 117 Å². The van der Waals surface area contributed by atoms with Crippen molar-refractivity contribution in [1.82, 2.24) is 4.98 Å². The summed E-state index contributed by atoms with van der Waals surface area (Å²) in [6, 6.07) is 16.6. The van der Waals surface area contributed by atoms with Crippen LogP contribution in [0.5, 0.6) is 0 Å². The van der Waals surface area contributed by atoms with Crippen molar-refractivity contribution in [1.29, 1.82) is 0 Å². The highest BCUT2D eigenvalue weighted by Gasteiger charge is 2.11. The maximum Gasteiger partial charge on any atom is 0.132 e. The minimum absolute atomic E-state index is 0.250. The number of para-hydroxylation sites is 1. The molecule has 0 aliphatic heterocycles. The first-order valence-corrected chi connectivity index (χ1v) is 6.49. The molecule has 3 heteroatoms. The number of hydrogen-bond acceptors (Lipinski definition) is 2. The summed E-state index contributed by atoms with van der Waals surface area (Å²) in [6.07, 6.45) is 0. The molecule has 0 atom stereocenters. The van der Waals surface area contributed by atoms with E-state index in [-0.39, 0.29) is 5.82 Å². The van der Waals surface area contributed by atoms with Gasteiger partial charge in [0.2, 0.25) is 0 Å². The van der Waals surface area contributed by atoms with Gasteiger partial charge in [-0.15, -0.1) is 0 Å². The van der Waals surface area contributed by atoms with Crippen molar-refractivity contribution in [2.24, 2.45) is 0 Å². The fourth-order valence-corrected chi connectivity index (χ4v) is 2.33.